The van der Waals surface area contributed by atoms with Crippen LogP contribution in [0.3, 0.4) is 0 Å². The van der Waals surface area contributed by atoms with Crippen LogP contribution < -0.4 is 4.74 Å². The second-order valence-electron chi connectivity index (χ2n) is 5.00. The summed E-state index contributed by atoms with van der Waals surface area (Å²) >= 11 is 1.22. The lowest BCUT2D eigenvalue weighted by atomic mass is 9.95. The van der Waals surface area contributed by atoms with Gasteiger partial charge in [-0.05, 0) is 11.5 Å². The molecule has 2 aromatic heterocycles. The number of nitrogens with zero attached hydrogens (tertiary/aromatic N) is 2. The van der Waals surface area contributed by atoms with Crippen molar-refractivity contribution >= 4 is 17.3 Å². The van der Waals surface area contributed by atoms with Gasteiger partial charge in [0.25, 0.3) is 0 Å². The van der Waals surface area contributed by atoms with Crippen molar-refractivity contribution in [1.29, 1.82) is 0 Å². The standard InChI is InChI=1S/C12H14N2O4S/c1-12(2,3)8-4-7(10(19-8)11(15)16)17-5-9-13-6-18-14-9/h4,6H,5H2,1-3H3,(H,15,16). The summed E-state index contributed by atoms with van der Waals surface area (Å²) in [6, 6.07) is 1.76. The Morgan fingerprint density at radius 1 is 1.53 bits per heavy atom. The van der Waals surface area contributed by atoms with Crippen LogP contribution in [-0.2, 0) is 12.0 Å². The van der Waals surface area contributed by atoms with Gasteiger partial charge in [-0.15, -0.1) is 11.3 Å². The molecule has 0 radical (unpaired) electrons. The van der Waals surface area contributed by atoms with Gasteiger partial charge in [0, 0.05) is 4.88 Å². The van der Waals surface area contributed by atoms with Gasteiger partial charge in [0.1, 0.15) is 5.75 Å². The Kier molecular flexibility index (Phi) is 3.57. The maximum atomic E-state index is 11.2. The number of carboxylic acids is 1. The highest BCUT2D eigenvalue weighted by Gasteiger charge is 2.23. The highest BCUT2D eigenvalue weighted by atomic mass is 32.1. The molecule has 19 heavy (non-hydrogen) atoms. The number of ether oxygens (including phenoxy) is 1. The van der Waals surface area contributed by atoms with Crippen LogP contribution >= 0.6 is 11.3 Å². The van der Waals surface area contributed by atoms with Crippen molar-refractivity contribution < 1.29 is 19.2 Å². The molecule has 2 rings (SSSR count). The normalized spacial score (nSPS) is 11.5. The molecule has 0 bridgehead atoms. The Labute approximate surface area is 114 Å². The molecule has 0 atom stereocenters. The molecule has 6 nitrogen and oxygen atoms in total. The van der Waals surface area contributed by atoms with Gasteiger partial charge in [0.2, 0.25) is 12.2 Å². The molecule has 0 spiro atoms. The van der Waals surface area contributed by atoms with E-state index in [1.54, 1.807) is 6.07 Å². The monoisotopic (exact) mass is 282 g/mol. The van der Waals surface area contributed by atoms with E-state index in [1.807, 2.05) is 20.8 Å². The molecule has 102 valence electrons. The van der Waals surface area contributed by atoms with Gasteiger partial charge in [-0.2, -0.15) is 4.98 Å². The Morgan fingerprint density at radius 3 is 2.79 bits per heavy atom. The second kappa shape index (κ2) is 5.00. The third-order valence-corrected chi connectivity index (χ3v) is 3.93. The molecule has 0 amide bonds. The van der Waals surface area contributed by atoms with Crippen molar-refractivity contribution in [3.05, 3.63) is 28.0 Å². The summed E-state index contributed by atoms with van der Waals surface area (Å²) in [7, 11) is 0. The second-order valence-corrected chi connectivity index (χ2v) is 6.05. The zero-order valence-electron chi connectivity index (χ0n) is 10.8. The first-order valence-corrected chi connectivity index (χ1v) is 6.45. The van der Waals surface area contributed by atoms with E-state index in [4.69, 9.17) is 4.74 Å². The van der Waals surface area contributed by atoms with E-state index in [9.17, 15) is 9.90 Å². The van der Waals surface area contributed by atoms with E-state index in [1.165, 1.54) is 17.7 Å². The van der Waals surface area contributed by atoms with E-state index in [0.29, 0.717) is 11.6 Å². The lowest BCUT2D eigenvalue weighted by Gasteiger charge is -2.14. The number of carboxylic acid groups (broad SMARTS) is 1. The van der Waals surface area contributed by atoms with Gasteiger partial charge in [0.15, 0.2) is 11.5 Å². The Balaban J connectivity index is 2.23. The molecule has 2 aromatic rings. The van der Waals surface area contributed by atoms with Crippen LogP contribution in [0.5, 0.6) is 5.75 Å². The summed E-state index contributed by atoms with van der Waals surface area (Å²) in [4.78, 5) is 16.2. The van der Waals surface area contributed by atoms with E-state index in [0.717, 1.165) is 4.88 Å². The van der Waals surface area contributed by atoms with Gasteiger partial charge in [-0.25, -0.2) is 4.79 Å². The minimum atomic E-state index is -0.997. The third kappa shape index (κ3) is 3.11. The van der Waals surface area contributed by atoms with E-state index < -0.39 is 5.97 Å². The summed E-state index contributed by atoms with van der Waals surface area (Å²) < 4.78 is 10.0. The van der Waals surface area contributed by atoms with Crippen LogP contribution in [0.15, 0.2) is 17.0 Å². The first kappa shape index (κ1) is 13.5. The number of hydrogen-bond donors (Lipinski definition) is 1. The summed E-state index contributed by atoms with van der Waals surface area (Å²) in [6.07, 6.45) is 1.20. The van der Waals surface area contributed by atoms with Crippen LogP contribution in [0.25, 0.3) is 0 Å². The minimum Gasteiger partial charge on any atom is -0.484 e. The number of rotatable bonds is 4. The molecule has 0 saturated carbocycles. The first-order valence-electron chi connectivity index (χ1n) is 5.63. The largest absolute Gasteiger partial charge is 0.484 e. The number of aromatic nitrogens is 2. The summed E-state index contributed by atoms with van der Waals surface area (Å²) in [5.74, 6) is -0.282. The van der Waals surface area contributed by atoms with Gasteiger partial charge >= 0.3 is 5.97 Å². The average molecular weight is 282 g/mol. The molecule has 0 unspecified atom stereocenters. The Bertz CT molecular complexity index is 569. The Morgan fingerprint density at radius 2 is 2.26 bits per heavy atom. The SMILES string of the molecule is CC(C)(C)c1cc(OCc2ncon2)c(C(=O)O)s1. The minimum absolute atomic E-state index is 0.0805. The highest BCUT2D eigenvalue weighted by molar-refractivity contribution is 7.14. The summed E-state index contributed by atoms with van der Waals surface area (Å²) in [5, 5.41) is 12.8. The fourth-order valence-electron chi connectivity index (χ4n) is 1.40. The zero-order valence-corrected chi connectivity index (χ0v) is 11.7. The predicted molar refractivity (Wildman–Crippen MR) is 68.6 cm³/mol. The molecule has 0 fully saturated rings. The number of carbonyl (C=O) groups is 1. The fraction of sp³-hybridized carbons (Fsp3) is 0.417. The van der Waals surface area contributed by atoms with Gasteiger partial charge in [0.05, 0.1) is 0 Å². The molecular weight excluding hydrogens is 268 g/mol. The molecule has 0 aliphatic carbocycles. The molecule has 0 aliphatic rings. The maximum absolute atomic E-state index is 11.2. The van der Waals surface area contributed by atoms with Crippen molar-refractivity contribution in [2.24, 2.45) is 0 Å². The quantitative estimate of drug-likeness (QED) is 0.928. The van der Waals surface area contributed by atoms with E-state index in [-0.39, 0.29) is 16.9 Å². The zero-order chi connectivity index (χ0) is 14.0. The van der Waals surface area contributed by atoms with Gasteiger partial charge < -0.3 is 14.4 Å². The maximum Gasteiger partial charge on any atom is 0.349 e. The van der Waals surface area contributed by atoms with Crippen LogP contribution in [0.4, 0.5) is 0 Å². The molecule has 0 saturated heterocycles. The van der Waals surface area contributed by atoms with Crippen molar-refractivity contribution in [3.63, 3.8) is 0 Å². The number of hydrogen-bond acceptors (Lipinski definition) is 6. The highest BCUT2D eigenvalue weighted by Crippen LogP contribution is 2.37. The molecular formula is C12H14N2O4S. The molecule has 2 heterocycles. The lowest BCUT2D eigenvalue weighted by molar-refractivity contribution is 0.0697. The van der Waals surface area contributed by atoms with Crippen LogP contribution in [0.1, 0.15) is 41.1 Å². The molecule has 0 aliphatic heterocycles. The van der Waals surface area contributed by atoms with Crippen molar-refractivity contribution in [2.45, 2.75) is 32.8 Å². The van der Waals surface area contributed by atoms with Crippen molar-refractivity contribution in [3.8, 4) is 5.75 Å². The van der Waals surface area contributed by atoms with Crippen molar-refractivity contribution in [1.82, 2.24) is 10.1 Å². The van der Waals surface area contributed by atoms with Crippen LogP contribution in [0.2, 0.25) is 0 Å². The first-order chi connectivity index (χ1) is 8.88. The predicted octanol–water partition coefficient (Wildman–Crippen LogP) is 2.71. The smallest absolute Gasteiger partial charge is 0.349 e. The molecule has 7 heteroatoms. The Hall–Kier alpha value is -1.89. The molecule has 1 N–H and O–H groups in total. The lowest BCUT2D eigenvalue weighted by Crippen LogP contribution is -2.08. The summed E-state index contributed by atoms with van der Waals surface area (Å²) in [6.45, 7) is 6.14. The van der Waals surface area contributed by atoms with Gasteiger partial charge in [-0.1, -0.05) is 25.9 Å². The number of thiophene rings is 1. The van der Waals surface area contributed by atoms with Crippen molar-refractivity contribution in [2.75, 3.05) is 0 Å². The number of aromatic carboxylic acids is 1. The summed E-state index contributed by atoms with van der Waals surface area (Å²) in [5.41, 5.74) is -0.122. The van der Waals surface area contributed by atoms with E-state index in [2.05, 4.69) is 14.7 Å². The fourth-order valence-corrected chi connectivity index (χ4v) is 2.40. The average Bonchev–Trinajstić information content (AvgIpc) is 2.94. The topological polar surface area (TPSA) is 85.5 Å². The third-order valence-electron chi connectivity index (χ3n) is 2.40. The van der Waals surface area contributed by atoms with E-state index >= 15 is 0 Å². The molecule has 0 aromatic carbocycles. The van der Waals surface area contributed by atoms with Crippen LogP contribution in [0, 0.1) is 0 Å². The van der Waals surface area contributed by atoms with Crippen LogP contribution in [-0.4, -0.2) is 21.2 Å². The van der Waals surface area contributed by atoms with Gasteiger partial charge in [-0.3, -0.25) is 0 Å².